The van der Waals surface area contributed by atoms with E-state index in [-0.39, 0.29) is 22.9 Å². The van der Waals surface area contributed by atoms with Crippen LogP contribution in [-0.4, -0.2) is 33.8 Å². The Morgan fingerprint density at radius 1 is 1.03 bits per heavy atom. The Bertz CT molecular complexity index is 1360. The van der Waals surface area contributed by atoms with Gasteiger partial charge in [-0.05, 0) is 68.3 Å². The summed E-state index contributed by atoms with van der Waals surface area (Å²) in [6.45, 7) is 4.53. The van der Waals surface area contributed by atoms with Crippen LogP contribution in [0.1, 0.15) is 57.2 Å². The Hall–Kier alpha value is -4.60. The minimum Gasteiger partial charge on any atom is -0.404 e. The molecule has 6 N–H and O–H groups in total. The fourth-order valence-electron chi connectivity index (χ4n) is 3.33. The maximum Gasteiger partial charge on any atom is 0.269 e. The van der Waals surface area contributed by atoms with Gasteiger partial charge >= 0.3 is 0 Å². The summed E-state index contributed by atoms with van der Waals surface area (Å²) in [6.07, 6.45) is 7.42. The highest BCUT2D eigenvalue weighted by atomic mass is 19.1. The summed E-state index contributed by atoms with van der Waals surface area (Å²) >= 11 is 0. The second-order valence-corrected chi connectivity index (χ2v) is 8.44. The third kappa shape index (κ3) is 6.09. The van der Waals surface area contributed by atoms with Crippen LogP contribution in [0, 0.1) is 6.92 Å². The molecule has 2 amide bonds. The average Bonchev–Trinajstić information content (AvgIpc) is 2.87. The highest BCUT2D eigenvalue weighted by Crippen LogP contribution is 2.25. The Morgan fingerprint density at radius 2 is 1.72 bits per heavy atom. The zero-order chi connectivity index (χ0) is 26.5. The summed E-state index contributed by atoms with van der Waals surface area (Å²) in [6, 6.07) is 7.90. The highest BCUT2D eigenvalue weighted by Gasteiger charge is 2.22. The van der Waals surface area contributed by atoms with Crippen LogP contribution in [0.25, 0.3) is 11.3 Å². The van der Waals surface area contributed by atoms with Crippen molar-refractivity contribution < 1.29 is 14.0 Å². The first kappa shape index (κ1) is 26.0. The van der Waals surface area contributed by atoms with Gasteiger partial charge in [-0.2, -0.15) is 0 Å². The van der Waals surface area contributed by atoms with Gasteiger partial charge in [-0.15, -0.1) is 0 Å². The molecule has 0 saturated carbocycles. The molecule has 0 unspecified atom stereocenters. The van der Waals surface area contributed by atoms with Crippen molar-refractivity contribution in [1.29, 1.82) is 0 Å². The third-order valence-electron chi connectivity index (χ3n) is 5.33. The van der Waals surface area contributed by atoms with Crippen molar-refractivity contribution in [3.05, 3.63) is 95.0 Å². The van der Waals surface area contributed by atoms with Crippen molar-refractivity contribution in [2.45, 2.75) is 26.4 Å². The van der Waals surface area contributed by atoms with Crippen LogP contribution in [0.5, 0.6) is 0 Å². The number of carbonyl (C=O) groups excluding carboxylic acids is 2. The van der Waals surface area contributed by atoms with Crippen LogP contribution in [0.3, 0.4) is 0 Å². The molecule has 0 aromatic carbocycles. The van der Waals surface area contributed by atoms with E-state index < -0.39 is 11.6 Å². The molecule has 10 heteroatoms. The lowest BCUT2D eigenvalue weighted by molar-refractivity contribution is 0.0957. The number of carbonyl (C=O) groups is 2. The number of nitrogens with one attached hydrogen (secondary N) is 2. The van der Waals surface area contributed by atoms with Gasteiger partial charge in [0.05, 0.1) is 17.6 Å². The van der Waals surface area contributed by atoms with Gasteiger partial charge in [0.15, 0.2) is 0 Å². The monoisotopic (exact) mass is 489 g/mol. The molecule has 0 aliphatic rings. The molecule has 0 saturated heterocycles. The topological polar surface area (TPSA) is 149 Å². The third-order valence-corrected chi connectivity index (χ3v) is 5.33. The van der Waals surface area contributed by atoms with E-state index in [0.717, 1.165) is 0 Å². The summed E-state index contributed by atoms with van der Waals surface area (Å²) in [5.41, 5.74) is 14.3. The molecular weight excluding hydrogens is 461 g/mol. The van der Waals surface area contributed by atoms with E-state index in [9.17, 15) is 14.0 Å². The van der Waals surface area contributed by atoms with Crippen LogP contribution >= 0.6 is 0 Å². The molecule has 3 aromatic heterocycles. The molecule has 0 radical (unpaired) electrons. The smallest absolute Gasteiger partial charge is 0.269 e. The first-order valence-electron chi connectivity index (χ1n) is 11.0. The average molecular weight is 490 g/mol. The number of hydrogen-bond acceptors (Lipinski definition) is 7. The molecular formula is C26H28FN7O2. The van der Waals surface area contributed by atoms with Gasteiger partial charge in [0, 0.05) is 48.2 Å². The zero-order valence-electron chi connectivity index (χ0n) is 20.5. The number of amides is 2. The van der Waals surface area contributed by atoms with E-state index in [4.69, 9.17) is 11.5 Å². The minimum absolute atomic E-state index is 0.154. The summed E-state index contributed by atoms with van der Waals surface area (Å²) in [7, 11) is 1.52. The molecule has 0 fully saturated rings. The van der Waals surface area contributed by atoms with Crippen LogP contribution in [0.15, 0.2) is 61.2 Å². The van der Waals surface area contributed by atoms with E-state index in [0.29, 0.717) is 33.8 Å². The second-order valence-electron chi connectivity index (χ2n) is 8.44. The van der Waals surface area contributed by atoms with Gasteiger partial charge in [0.2, 0.25) is 0 Å². The molecule has 3 aromatic rings. The van der Waals surface area contributed by atoms with Crippen molar-refractivity contribution in [3.63, 3.8) is 0 Å². The number of anilines is 1. The van der Waals surface area contributed by atoms with Gasteiger partial charge in [-0.1, -0.05) is 0 Å². The number of aryl methyl sites for hydroxylation is 1. The van der Waals surface area contributed by atoms with Crippen molar-refractivity contribution in [1.82, 2.24) is 20.3 Å². The summed E-state index contributed by atoms with van der Waals surface area (Å²) in [5, 5.41) is 5.28. The van der Waals surface area contributed by atoms with Gasteiger partial charge in [0.1, 0.15) is 11.4 Å². The standard InChI is InChI=1S/C26H28FN7O2/c1-15-20(21(29)9-18(13-28)16-5-7-31-22(10-16)25(36)30-4)12-19(14-33-15)34-24(35)17-6-8-32-23(11-17)26(2,3)27/h5-14H,28-29H2,1-4H3,(H,30,36)(H,34,35)/b18-13+,21-9-. The van der Waals surface area contributed by atoms with Crippen LogP contribution < -0.4 is 22.1 Å². The number of aromatic nitrogens is 3. The fraction of sp³-hybridized carbons (Fsp3) is 0.192. The van der Waals surface area contributed by atoms with E-state index in [1.54, 1.807) is 31.2 Å². The number of alkyl halides is 1. The van der Waals surface area contributed by atoms with Gasteiger partial charge in [-0.25, -0.2) is 4.39 Å². The number of hydrogen-bond donors (Lipinski definition) is 4. The summed E-state index contributed by atoms with van der Waals surface area (Å²) in [4.78, 5) is 37.1. The zero-order valence-corrected chi connectivity index (χ0v) is 20.5. The van der Waals surface area contributed by atoms with Crippen molar-refractivity contribution >= 4 is 28.8 Å². The number of rotatable bonds is 7. The number of pyridine rings is 3. The van der Waals surface area contributed by atoms with Gasteiger partial charge in [-0.3, -0.25) is 24.5 Å². The maximum atomic E-state index is 14.3. The fourth-order valence-corrected chi connectivity index (χ4v) is 3.33. The Kier molecular flexibility index (Phi) is 7.78. The van der Waals surface area contributed by atoms with Gasteiger partial charge in [0.25, 0.3) is 11.8 Å². The second kappa shape index (κ2) is 10.8. The Labute approximate surface area is 208 Å². The van der Waals surface area contributed by atoms with E-state index in [1.807, 2.05) is 0 Å². The van der Waals surface area contributed by atoms with Crippen LogP contribution in [0.2, 0.25) is 0 Å². The van der Waals surface area contributed by atoms with Crippen LogP contribution in [0.4, 0.5) is 10.1 Å². The summed E-state index contributed by atoms with van der Waals surface area (Å²) in [5.74, 6) is -0.770. The van der Waals surface area contributed by atoms with Crippen molar-refractivity contribution in [3.8, 4) is 0 Å². The largest absolute Gasteiger partial charge is 0.404 e. The Balaban J connectivity index is 1.88. The molecule has 186 valence electrons. The minimum atomic E-state index is -1.68. The molecule has 0 spiro atoms. The number of nitrogens with two attached hydrogens (primary N) is 2. The number of nitrogens with zero attached hydrogens (tertiary/aromatic N) is 3. The maximum absolute atomic E-state index is 14.3. The lowest BCUT2D eigenvalue weighted by atomic mass is 10.0. The quantitative estimate of drug-likeness (QED) is 0.372. The molecule has 36 heavy (non-hydrogen) atoms. The van der Waals surface area contributed by atoms with Crippen molar-refractivity contribution in [2.24, 2.45) is 11.5 Å². The van der Waals surface area contributed by atoms with E-state index in [1.165, 1.54) is 57.8 Å². The van der Waals surface area contributed by atoms with E-state index in [2.05, 4.69) is 25.6 Å². The molecule has 0 atom stereocenters. The Morgan fingerprint density at radius 3 is 2.39 bits per heavy atom. The van der Waals surface area contributed by atoms with Crippen molar-refractivity contribution in [2.75, 3.05) is 12.4 Å². The SMILES string of the molecule is CNC(=O)c1cc(C(/C=C(\N)c2cc(NC(=O)c3ccnc(C(C)(C)F)c3)cnc2C)=C/N)ccn1. The molecule has 9 nitrogen and oxygen atoms in total. The number of allylic oxidation sites excluding steroid dienone is 2. The normalized spacial score (nSPS) is 12.2. The lowest BCUT2D eigenvalue weighted by Crippen LogP contribution is -2.19. The molecule has 0 aliphatic carbocycles. The first-order chi connectivity index (χ1) is 17.0. The lowest BCUT2D eigenvalue weighted by Gasteiger charge is -2.14. The molecule has 0 aliphatic heterocycles. The number of halogens is 1. The highest BCUT2D eigenvalue weighted by molar-refractivity contribution is 6.04. The molecule has 3 heterocycles. The molecule has 0 bridgehead atoms. The van der Waals surface area contributed by atoms with Crippen LogP contribution in [-0.2, 0) is 5.67 Å². The molecule has 3 rings (SSSR count). The predicted molar refractivity (Wildman–Crippen MR) is 137 cm³/mol. The van der Waals surface area contributed by atoms with E-state index >= 15 is 0 Å². The van der Waals surface area contributed by atoms with Gasteiger partial charge < -0.3 is 22.1 Å². The summed E-state index contributed by atoms with van der Waals surface area (Å²) < 4.78 is 14.3. The predicted octanol–water partition coefficient (Wildman–Crippen LogP) is 3.30. The first-order valence-corrected chi connectivity index (χ1v) is 11.0.